The van der Waals surface area contributed by atoms with Gasteiger partial charge in [-0.15, -0.1) is 0 Å². The molecule has 0 aromatic carbocycles. The Labute approximate surface area is 98.2 Å². The van der Waals surface area contributed by atoms with Gasteiger partial charge >= 0.3 is 8.97 Å². The fourth-order valence-corrected chi connectivity index (χ4v) is 3.65. The van der Waals surface area contributed by atoms with Crippen LogP contribution < -0.4 is 4.23 Å². The lowest BCUT2D eigenvalue weighted by molar-refractivity contribution is -0.601. The average Bonchev–Trinajstić information content (AvgIpc) is 2.34. The van der Waals surface area contributed by atoms with Gasteiger partial charge in [0.15, 0.2) is 11.9 Å². The second kappa shape index (κ2) is 6.10. The summed E-state index contributed by atoms with van der Waals surface area (Å²) in [6.07, 6.45) is 4.00. The van der Waals surface area contributed by atoms with Crippen LogP contribution in [0.15, 0.2) is 24.4 Å². The number of rotatable bonds is 6. The van der Waals surface area contributed by atoms with Crippen LogP contribution in [0.3, 0.4) is 0 Å². The zero-order valence-electron chi connectivity index (χ0n) is 10.4. The predicted octanol–water partition coefficient (Wildman–Crippen LogP) is 1.15. The minimum absolute atomic E-state index is 0.978. The summed E-state index contributed by atoms with van der Waals surface area (Å²) in [5.41, 5.74) is 1.17. The van der Waals surface area contributed by atoms with Crippen molar-refractivity contribution in [2.24, 2.45) is 0 Å². The van der Waals surface area contributed by atoms with Crippen molar-refractivity contribution >= 4 is 8.97 Å². The van der Waals surface area contributed by atoms with Gasteiger partial charge in [0.05, 0.1) is 0 Å². The molecule has 0 saturated carbocycles. The van der Waals surface area contributed by atoms with Crippen molar-refractivity contribution in [3.63, 3.8) is 0 Å². The van der Waals surface area contributed by atoms with E-state index in [4.69, 9.17) is 13.3 Å². The van der Waals surface area contributed by atoms with E-state index in [1.54, 1.807) is 21.3 Å². The number of aryl methyl sites for hydroxylation is 1. The number of hydrogen-bond acceptors (Lipinski definition) is 3. The fourth-order valence-electron chi connectivity index (χ4n) is 1.75. The molecule has 0 aliphatic heterocycles. The van der Waals surface area contributed by atoms with E-state index in [-0.39, 0.29) is 0 Å². The molecular weight excluding hydrogens is 222 g/mol. The first-order chi connectivity index (χ1) is 7.74. The standard InChI is InChI=1S/C11H20NO3Si/c1-5-8-11-9-6-7-10-12(11)16(13-2,14-3)15-4/h6-7,9-10H,5,8H2,1-4H3/q+1. The molecule has 0 amide bonds. The van der Waals surface area contributed by atoms with E-state index >= 15 is 0 Å². The highest BCUT2D eigenvalue weighted by Gasteiger charge is 2.57. The summed E-state index contributed by atoms with van der Waals surface area (Å²) in [5, 5.41) is 0. The van der Waals surface area contributed by atoms with Gasteiger partial charge in [-0.3, -0.25) is 0 Å². The van der Waals surface area contributed by atoms with Crippen molar-refractivity contribution in [3.05, 3.63) is 30.1 Å². The lowest BCUT2D eigenvalue weighted by Crippen LogP contribution is -2.70. The maximum absolute atomic E-state index is 5.47. The van der Waals surface area contributed by atoms with Gasteiger partial charge < -0.3 is 13.3 Å². The molecule has 0 radical (unpaired) electrons. The molecule has 0 N–H and O–H groups in total. The summed E-state index contributed by atoms with van der Waals surface area (Å²) in [4.78, 5) is 0. The van der Waals surface area contributed by atoms with Crippen LogP contribution in [-0.4, -0.2) is 30.3 Å². The highest BCUT2D eigenvalue weighted by molar-refractivity contribution is 6.50. The Kier molecular flexibility index (Phi) is 5.07. The van der Waals surface area contributed by atoms with Crippen molar-refractivity contribution in [3.8, 4) is 0 Å². The summed E-state index contributed by atoms with van der Waals surface area (Å²) in [7, 11) is 2.10. The van der Waals surface area contributed by atoms with Gasteiger partial charge in [0.2, 0.25) is 0 Å². The second-order valence-electron chi connectivity index (χ2n) is 3.45. The van der Waals surface area contributed by atoms with E-state index in [9.17, 15) is 0 Å². The van der Waals surface area contributed by atoms with Gasteiger partial charge in [0, 0.05) is 39.9 Å². The molecule has 0 fully saturated rings. The Balaban J connectivity index is 3.17. The average molecular weight is 242 g/mol. The van der Waals surface area contributed by atoms with E-state index < -0.39 is 8.97 Å². The number of aromatic nitrogens is 1. The molecule has 0 atom stereocenters. The molecule has 1 aromatic heterocycles. The van der Waals surface area contributed by atoms with Gasteiger partial charge in [-0.2, -0.15) is 0 Å². The number of hydrogen-bond donors (Lipinski definition) is 0. The van der Waals surface area contributed by atoms with Crippen LogP contribution >= 0.6 is 0 Å². The molecule has 0 aliphatic rings. The quantitative estimate of drug-likeness (QED) is 0.701. The highest BCUT2D eigenvalue weighted by Crippen LogP contribution is 2.05. The Morgan fingerprint density at radius 1 is 1.12 bits per heavy atom. The first-order valence-electron chi connectivity index (χ1n) is 5.39. The first kappa shape index (κ1) is 13.3. The zero-order valence-corrected chi connectivity index (χ0v) is 11.4. The molecule has 1 aromatic rings. The van der Waals surface area contributed by atoms with Crippen LogP contribution in [0.5, 0.6) is 0 Å². The zero-order chi connectivity index (χ0) is 12.0. The van der Waals surface area contributed by atoms with Crippen LogP contribution in [0.4, 0.5) is 0 Å². The molecule has 4 nitrogen and oxygen atoms in total. The maximum Gasteiger partial charge on any atom is 0.871 e. The summed E-state index contributed by atoms with van der Waals surface area (Å²) in [5.74, 6) is 0. The van der Waals surface area contributed by atoms with Gasteiger partial charge in [-0.1, -0.05) is 13.0 Å². The van der Waals surface area contributed by atoms with Crippen LogP contribution in [0, 0.1) is 0 Å². The van der Waals surface area contributed by atoms with Crippen molar-refractivity contribution < 1.29 is 17.5 Å². The van der Waals surface area contributed by atoms with Crippen molar-refractivity contribution in [1.82, 2.24) is 0 Å². The summed E-state index contributed by atoms with van der Waals surface area (Å²) in [6, 6.07) is 6.04. The number of nitrogens with zero attached hydrogens (tertiary/aromatic N) is 1. The predicted molar refractivity (Wildman–Crippen MR) is 62.8 cm³/mol. The van der Waals surface area contributed by atoms with Crippen molar-refractivity contribution in [1.29, 1.82) is 0 Å². The molecule has 1 heterocycles. The SMILES string of the molecule is CCCc1cccc[n+]1[Si](OC)(OC)OC. The third-order valence-electron chi connectivity index (χ3n) is 2.52. The molecule has 0 bridgehead atoms. The van der Waals surface area contributed by atoms with Crippen molar-refractivity contribution in [2.45, 2.75) is 19.8 Å². The van der Waals surface area contributed by atoms with Crippen LogP contribution in [-0.2, 0) is 19.7 Å². The monoisotopic (exact) mass is 242 g/mol. The summed E-state index contributed by atoms with van der Waals surface area (Å²) in [6.45, 7) is 2.15. The lowest BCUT2D eigenvalue weighted by Gasteiger charge is -2.17. The molecule has 0 unspecified atom stereocenters. The summed E-state index contributed by atoms with van der Waals surface area (Å²) >= 11 is 0. The Bertz CT molecular complexity index is 320. The Morgan fingerprint density at radius 3 is 2.25 bits per heavy atom. The molecule has 0 saturated heterocycles. The second-order valence-corrected chi connectivity index (χ2v) is 6.20. The van der Waals surface area contributed by atoms with E-state index in [0.29, 0.717) is 0 Å². The van der Waals surface area contributed by atoms with E-state index in [1.165, 1.54) is 5.69 Å². The van der Waals surface area contributed by atoms with Crippen LogP contribution in [0.25, 0.3) is 0 Å². The molecule has 16 heavy (non-hydrogen) atoms. The Hall–Kier alpha value is -0.753. The molecule has 90 valence electrons. The third-order valence-corrected chi connectivity index (χ3v) is 5.09. The normalized spacial score (nSPS) is 11.8. The number of pyridine rings is 1. The fraction of sp³-hybridized carbons (Fsp3) is 0.545. The van der Waals surface area contributed by atoms with E-state index in [1.807, 2.05) is 22.6 Å². The maximum atomic E-state index is 5.47. The van der Waals surface area contributed by atoms with Gasteiger partial charge in [0.1, 0.15) is 0 Å². The molecule has 1 rings (SSSR count). The van der Waals surface area contributed by atoms with Gasteiger partial charge in [-0.05, 0) is 6.42 Å². The minimum Gasteiger partial charge on any atom is -0.321 e. The van der Waals surface area contributed by atoms with Crippen molar-refractivity contribution in [2.75, 3.05) is 21.3 Å². The summed E-state index contributed by atoms with van der Waals surface area (Å²) < 4.78 is 18.4. The molecule has 0 aliphatic carbocycles. The smallest absolute Gasteiger partial charge is 0.321 e. The Morgan fingerprint density at radius 2 is 1.75 bits per heavy atom. The van der Waals surface area contributed by atoms with Crippen LogP contribution in [0.2, 0.25) is 0 Å². The van der Waals surface area contributed by atoms with Gasteiger partial charge in [-0.25, -0.2) is 4.23 Å². The molecule has 0 spiro atoms. The third kappa shape index (κ3) is 2.49. The largest absolute Gasteiger partial charge is 0.871 e. The van der Waals surface area contributed by atoms with Gasteiger partial charge in [0.25, 0.3) is 0 Å². The van der Waals surface area contributed by atoms with E-state index in [2.05, 4.69) is 13.0 Å². The van der Waals surface area contributed by atoms with E-state index in [0.717, 1.165) is 12.8 Å². The highest BCUT2D eigenvalue weighted by atomic mass is 28.4. The van der Waals surface area contributed by atoms with Crippen LogP contribution in [0.1, 0.15) is 19.0 Å². The lowest BCUT2D eigenvalue weighted by atomic mass is 10.2. The first-order valence-corrected chi connectivity index (χ1v) is 7.06. The molecular formula is C11H20NO3Si+. The molecule has 5 heteroatoms. The minimum atomic E-state index is -2.76. The topological polar surface area (TPSA) is 31.6 Å².